The fourth-order valence-corrected chi connectivity index (χ4v) is 3.96. The first kappa shape index (κ1) is 10.9. The van der Waals surface area contributed by atoms with E-state index in [9.17, 15) is 16.8 Å². The molecular weight excluding hydrogens is 260 g/mol. The molecular formula is C8H7ClO4S2. The monoisotopic (exact) mass is 266 g/mol. The lowest BCUT2D eigenvalue weighted by Gasteiger charge is -1.99. The van der Waals surface area contributed by atoms with Gasteiger partial charge in [-0.25, -0.2) is 16.8 Å². The molecule has 1 aromatic rings. The highest BCUT2D eigenvalue weighted by Gasteiger charge is 2.25. The largest absolute Gasteiger partial charge is 0.261 e. The number of hydrogen-bond donors (Lipinski definition) is 0. The molecule has 7 heteroatoms. The Balaban J connectivity index is 2.57. The molecule has 0 aromatic heterocycles. The maximum absolute atomic E-state index is 11.3. The summed E-state index contributed by atoms with van der Waals surface area (Å²) < 4.78 is 44.6. The van der Waals surface area contributed by atoms with Gasteiger partial charge in [0, 0.05) is 10.7 Å². The summed E-state index contributed by atoms with van der Waals surface area (Å²) in [5.41, 5.74) is 1.18. The fourth-order valence-electron chi connectivity index (χ4n) is 1.55. The van der Waals surface area contributed by atoms with Crippen molar-refractivity contribution in [3.63, 3.8) is 0 Å². The van der Waals surface area contributed by atoms with Gasteiger partial charge in [-0.05, 0) is 23.3 Å². The Hall–Kier alpha value is -0.590. The smallest absolute Gasteiger partial charge is 0.228 e. The predicted octanol–water partition coefficient (Wildman–Crippen LogP) is 1.04. The second-order valence-electron chi connectivity index (χ2n) is 3.40. The molecule has 15 heavy (non-hydrogen) atoms. The van der Waals surface area contributed by atoms with E-state index >= 15 is 0 Å². The van der Waals surface area contributed by atoms with Crippen LogP contribution < -0.4 is 0 Å². The van der Waals surface area contributed by atoms with E-state index in [0.29, 0.717) is 11.1 Å². The fraction of sp³-hybridized carbons (Fsp3) is 0.250. The molecule has 0 fully saturated rings. The van der Waals surface area contributed by atoms with Crippen LogP contribution in [-0.2, 0) is 30.4 Å². The first-order valence-electron chi connectivity index (χ1n) is 4.05. The first-order valence-corrected chi connectivity index (χ1v) is 8.18. The zero-order valence-electron chi connectivity index (χ0n) is 7.47. The minimum absolute atomic E-state index is 0.0229. The first-order chi connectivity index (χ1) is 6.78. The number of hydrogen-bond acceptors (Lipinski definition) is 4. The van der Waals surface area contributed by atoms with Crippen molar-refractivity contribution in [1.29, 1.82) is 0 Å². The Kier molecular flexibility index (Phi) is 2.33. The SMILES string of the molecule is O=S1(=O)Cc2ccc(S(=O)(=O)Cl)cc2C1. The van der Waals surface area contributed by atoms with Crippen LogP contribution in [0.3, 0.4) is 0 Å². The topological polar surface area (TPSA) is 68.3 Å². The number of halogens is 1. The maximum Gasteiger partial charge on any atom is 0.261 e. The molecule has 0 aliphatic carbocycles. The average Bonchev–Trinajstić information content (AvgIpc) is 2.34. The number of sulfone groups is 1. The minimum atomic E-state index is -3.78. The van der Waals surface area contributed by atoms with Crippen LogP contribution >= 0.6 is 10.7 Å². The number of benzene rings is 1. The molecule has 1 heterocycles. The van der Waals surface area contributed by atoms with Gasteiger partial charge in [-0.2, -0.15) is 0 Å². The summed E-state index contributed by atoms with van der Waals surface area (Å²) in [4.78, 5) is -0.0555. The van der Waals surface area contributed by atoms with Crippen molar-refractivity contribution >= 4 is 29.6 Å². The second kappa shape index (κ2) is 3.20. The molecule has 0 bridgehead atoms. The molecule has 2 rings (SSSR count). The van der Waals surface area contributed by atoms with E-state index in [0.717, 1.165) is 0 Å². The molecule has 4 nitrogen and oxygen atoms in total. The van der Waals surface area contributed by atoms with E-state index in [1.807, 2.05) is 0 Å². The third-order valence-electron chi connectivity index (χ3n) is 2.21. The van der Waals surface area contributed by atoms with E-state index < -0.39 is 18.9 Å². The van der Waals surface area contributed by atoms with Crippen molar-refractivity contribution < 1.29 is 16.8 Å². The molecule has 0 saturated carbocycles. The van der Waals surface area contributed by atoms with Gasteiger partial charge >= 0.3 is 0 Å². The van der Waals surface area contributed by atoms with Crippen LogP contribution in [0.4, 0.5) is 0 Å². The standard InChI is InChI=1S/C8H7ClO4S2/c9-15(12,13)8-2-1-6-4-14(10,11)5-7(6)3-8/h1-3H,4-5H2. The van der Waals surface area contributed by atoms with Crippen molar-refractivity contribution in [3.8, 4) is 0 Å². The quantitative estimate of drug-likeness (QED) is 0.713. The summed E-state index contributed by atoms with van der Waals surface area (Å²) in [5.74, 6) is -0.131. The van der Waals surface area contributed by atoms with Crippen LogP contribution in [0.5, 0.6) is 0 Å². The Labute approximate surface area is 92.2 Å². The third kappa shape index (κ3) is 2.16. The lowest BCUT2D eigenvalue weighted by Crippen LogP contribution is -1.95. The summed E-state index contributed by atoms with van der Waals surface area (Å²) in [6, 6.07) is 4.14. The number of fused-ring (bicyclic) bond motifs is 1. The van der Waals surface area contributed by atoms with Crippen molar-refractivity contribution in [3.05, 3.63) is 29.3 Å². The molecule has 1 aliphatic rings. The van der Waals surface area contributed by atoms with E-state index in [4.69, 9.17) is 10.7 Å². The molecule has 1 aliphatic heterocycles. The molecule has 0 amide bonds. The molecule has 0 atom stereocenters. The highest BCUT2D eigenvalue weighted by Crippen LogP contribution is 2.28. The van der Waals surface area contributed by atoms with Crippen molar-refractivity contribution in [2.75, 3.05) is 0 Å². The van der Waals surface area contributed by atoms with E-state index in [-0.39, 0.29) is 16.4 Å². The molecule has 0 spiro atoms. The van der Waals surface area contributed by atoms with E-state index in [1.165, 1.54) is 18.2 Å². The van der Waals surface area contributed by atoms with E-state index in [1.54, 1.807) is 0 Å². The number of rotatable bonds is 1. The van der Waals surface area contributed by atoms with Crippen LogP contribution in [-0.4, -0.2) is 16.8 Å². The zero-order valence-corrected chi connectivity index (χ0v) is 9.86. The van der Waals surface area contributed by atoms with Gasteiger partial charge in [0.15, 0.2) is 9.84 Å². The molecule has 0 unspecified atom stereocenters. The van der Waals surface area contributed by atoms with Crippen molar-refractivity contribution in [2.45, 2.75) is 16.4 Å². The summed E-state index contributed by atoms with van der Waals surface area (Å²) in [7, 11) is -1.74. The summed E-state index contributed by atoms with van der Waals surface area (Å²) >= 11 is 0. The summed E-state index contributed by atoms with van der Waals surface area (Å²) in [6.45, 7) is 0. The van der Waals surface area contributed by atoms with E-state index in [2.05, 4.69) is 0 Å². The minimum Gasteiger partial charge on any atom is -0.228 e. The Morgan fingerprint density at radius 1 is 1.13 bits per heavy atom. The predicted molar refractivity (Wildman–Crippen MR) is 55.8 cm³/mol. The van der Waals surface area contributed by atoms with Crippen LogP contribution in [0.2, 0.25) is 0 Å². The van der Waals surface area contributed by atoms with Gasteiger partial charge in [0.1, 0.15) is 0 Å². The normalized spacial score (nSPS) is 18.7. The van der Waals surface area contributed by atoms with Gasteiger partial charge in [0.05, 0.1) is 16.4 Å². The Bertz CT molecular complexity index is 616. The average molecular weight is 267 g/mol. The maximum atomic E-state index is 11.3. The Morgan fingerprint density at radius 3 is 2.33 bits per heavy atom. The van der Waals surface area contributed by atoms with Crippen LogP contribution in [0.25, 0.3) is 0 Å². The van der Waals surface area contributed by atoms with Crippen molar-refractivity contribution in [1.82, 2.24) is 0 Å². The molecule has 82 valence electrons. The summed E-state index contributed by atoms with van der Waals surface area (Å²) in [5, 5.41) is 0. The van der Waals surface area contributed by atoms with Gasteiger partial charge in [0.25, 0.3) is 9.05 Å². The zero-order chi connectivity index (χ0) is 11.3. The molecule has 0 saturated heterocycles. The lowest BCUT2D eigenvalue weighted by atomic mass is 10.1. The van der Waals surface area contributed by atoms with Crippen LogP contribution in [0.15, 0.2) is 23.1 Å². The van der Waals surface area contributed by atoms with Gasteiger partial charge in [0.2, 0.25) is 0 Å². The molecule has 0 N–H and O–H groups in total. The third-order valence-corrected chi connectivity index (χ3v) is 5.06. The van der Waals surface area contributed by atoms with Gasteiger partial charge in [-0.1, -0.05) is 6.07 Å². The van der Waals surface area contributed by atoms with Gasteiger partial charge in [-0.3, -0.25) is 0 Å². The van der Waals surface area contributed by atoms with Crippen LogP contribution in [0.1, 0.15) is 11.1 Å². The molecule has 0 radical (unpaired) electrons. The van der Waals surface area contributed by atoms with Crippen molar-refractivity contribution in [2.24, 2.45) is 0 Å². The van der Waals surface area contributed by atoms with Crippen LogP contribution in [0, 0.1) is 0 Å². The highest BCUT2D eigenvalue weighted by molar-refractivity contribution is 8.13. The van der Waals surface area contributed by atoms with Gasteiger partial charge < -0.3 is 0 Å². The molecule has 1 aromatic carbocycles. The summed E-state index contributed by atoms with van der Waals surface area (Å²) in [6.07, 6.45) is 0. The lowest BCUT2D eigenvalue weighted by molar-refractivity contribution is 0.597. The Morgan fingerprint density at radius 2 is 1.73 bits per heavy atom. The highest BCUT2D eigenvalue weighted by atomic mass is 35.7. The second-order valence-corrected chi connectivity index (χ2v) is 8.03. The van der Waals surface area contributed by atoms with Gasteiger partial charge in [-0.15, -0.1) is 0 Å².